The average Bonchev–Trinajstić information content (AvgIpc) is 2.41. The van der Waals surface area contributed by atoms with Crippen LogP contribution in [-0.4, -0.2) is 5.97 Å². The standard InChI is InChI=1S/C15H10BrFO2/c16-13-7-10(17)6-12-11(13)8-14(19-15(12)18)9-4-2-1-3-5-9/h1-7,14H,8H2. The number of carbonyl (C=O) groups is 1. The Labute approximate surface area is 118 Å². The maximum Gasteiger partial charge on any atom is 0.339 e. The zero-order valence-electron chi connectivity index (χ0n) is 9.90. The number of halogens is 2. The first-order valence-corrected chi connectivity index (χ1v) is 6.68. The third-order valence-electron chi connectivity index (χ3n) is 3.19. The Bertz CT molecular complexity index is 640. The molecular formula is C15H10BrFO2. The lowest BCUT2D eigenvalue weighted by molar-refractivity contribution is 0.0251. The van der Waals surface area contributed by atoms with Crippen LogP contribution in [0.15, 0.2) is 46.9 Å². The largest absolute Gasteiger partial charge is 0.454 e. The highest BCUT2D eigenvalue weighted by Crippen LogP contribution is 2.34. The molecule has 0 aromatic heterocycles. The van der Waals surface area contributed by atoms with E-state index in [-0.39, 0.29) is 6.10 Å². The zero-order chi connectivity index (χ0) is 13.4. The minimum absolute atomic E-state index is 0.305. The monoisotopic (exact) mass is 320 g/mol. The molecule has 0 bridgehead atoms. The van der Waals surface area contributed by atoms with Crippen molar-refractivity contribution in [1.82, 2.24) is 0 Å². The lowest BCUT2D eigenvalue weighted by Crippen LogP contribution is -2.22. The molecule has 2 aromatic rings. The van der Waals surface area contributed by atoms with Crippen molar-refractivity contribution in [2.24, 2.45) is 0 Å². The fraction of sp³-hybridized carbons (Fsp3) is 0.133. The van der Waals surface area contributed by atoms with Gasteiger partial charge in [-0.3, -0.25) is 0 Å². The summed E-state index contributed by atoms with van der Waals surface area (Å²) < 4.78 is 19.3. The van der Waals surface area contributed by atoms with Gasteiger partial charge in [-0.1, -0.05) is 46.3 Å². The van der Waals surface area contributed by atoms with Crippen LogP contribution in [0.1, 0.15) is 27.6 Å². The highest BCUT2D eigenvalue weighted by Gasteiger charge is 2.29. The van der Waals surface area contributed by atoms with E-state index in [1.54, 1.807) is 0 Å². The third-order valence-corrected chi connectivity index (χ3v) is 3.90. The molecule has 19 heavy (non-hydrogen) atoms. The third kappa shape index (κ3) is 2.28. The van der Waals surface area contributed by atoms with Crippen LogP contribution in [0.4, 0.5) is 4.39 Å². The van der Waals surface area contributed by atoms with Crippen LogP contribution in [-0.2, 0) is 11.2 Å². The SMILES string of the molecule is O=C1OC(c2ccccc2)Cc2c(Br)cc(F)cc21. The summed E-state index contributed by atoms with van der Waals surface area (Å²) in [5.74, 6) is -0.920. The first-order valence-electron chi connectivity index (χ1n) is 5.89. The summed E-state index contributed by atoms with van der Waals surface area (Å²) in [6.07, 6.45) is 0.231. The lowest BCUT2D eigenvalue weighted by Gasteiger charge is -2.25. The van der Waals surface area contributed by atoms with E-state index in [0.717, 1.165) is 11.1 Å². The zero-order valence-corrected chi connectivity index (χ0v) is 11.5. The van der Waals surface area contributed by atoms with Gasteiger partial charge in [0.25, 0.3) is 0 Å². The van der Waals surface area contributed by atoms with Crippen LogP contribution in [0.5, 0.6) is 0 Å². The summed E-state index contributed by atoms with van der Waals surface area (Å²) in [6, 6.07) is 12.1. The molecule has 1 aliphatic rings. The molecule has 1 atom stereocenters. The van der Waals surface area contributed by atoms with E-state index in [9.17, 15) is 9.18 Å². The van der Waals surface area contributed by atoms with Gasteiger partial charge in [-0.25, -0.2) is 9.18 Å². The number of hydrogen-bond acceptors (Lipinski definition) is 2. The Kier molecular flexibility index (Phi) is 3.11. The van der Waals surface area contributed by atoms with Gasteiger partial charge in [0.1, 0.15) is 11.9 Å². The molecule has 96 valence electrons. The number of rotatable bonds is 1. The fourth-order valence-electron chi connectivity index (χ4n) is 2.27. The van der Waals surface area contributed by atoms with Crippen molar-refractivity contribution in [1.29, 1.82) is 0 Å². The van der Waals surface area contributed by atoms with Gasteiger partial charge in [0, 0.05) is 10.9 Å². The second-order valence-corrected chi connectivity index (χ2v) is 5.28. The summed E-state index contributed by atoms with van der Waals surface area (Å²) in [6.45, 7) is 0. The number of carbonyl (C=O) groups excluding carboxylic acids is 1. The van der Waals surface area contributed by atoms with Gasteiger partial charge in [-0.15, -0.1) is 0 Å². The molecule has 3 rings (SSSR count). The number of benzene rings is 2. The van der Waals surface area contributed by atoms with E-state index in [0.29, 0.717) is 16.5 Å². The fourth-order valence-corrected chi connectivity index (χ4v) is 2.86. The van der Waals surface area contributed by atoms with Crippen molar-refractivity contribution in [2.75, 3.05) is 0 Å². The Morgan fingerprint density at radius 3 is 2.68 bits per heavy atom. The second kappa shape index (κ2) is 4.78. The number of cyclic esters (lactones) is 1. The minimum atomic E-state index is -0.477. The van der Waals surface area contributed by atoms with Gasteiger partial charge in [0.2, 0.25) is 0 Å². The van der Waals surface area contributed by atoms with Gasteiger partial charge in [-0.2, -0.15) is 0 Å². The van der Waals surface area contributed by atoms with Crippen molar-refractivity contribution in [3.63, 3.8) is 0 Å². The van der Waals surface area contributed by atoms with E-state index in [4.69, 9.17) is 4.74 Å². The summed E-state index contributed by atoms with van der Waals surface area (Å²) >= 11 is 3.31. The van der Waals surface area contributed by atoms with Gasteiger partial charge >= 0.3 is 5.97 Å². The molecule has 1 aliphatic heterocycles. The van der Waals surface area contributed by atoms with Crippen LogP contribution in [0.3, 0.4) is 0 Å². The van der Waals surface area contributed by atoms with Crippen LogP contribution in [0.2, 0.25) is 0 Å². The quantitative estimate of drug-likeness (QED) is 0.741. The maximum atomic E-state index is 13.3. The van der Waals surface area contributed by atoms with Gasteiger partial charge in [0.05, 0.1) is 5.56 Å². The molecule has 1 heterocycles. The van der Waals surface area contributed by atoms with Gasteiger partial charge in [0.15, 0.2) is 0 Å². The van der Waals surface area contributed by atoms with E-state index in [1.165, 1.54) is 12.1 Å². The molecule has 0 N–H and O–H groups in total. The predicted molar refractivity (Wildman–Crippen MR) is 72.4 cm³/mol. The highest BCUT2D eigenvalue weighted by atomic mass is 79.9. The van der Waals surface area contributed by atoms with E-state index >= 15 is 0 Å². The molecule has 2 aromatic carbocycles. The molecular weight excluding hydrogens is 311 g/mol. The molecule has 1 unspecified atom stereocenters. The Hall–Kier alpha value is -1.68. The Balaban J connectivity index is 2.03. The molecule has 0 fully saturated rings. The molecule has 0 radical (unpaired) electrons. The normalized spacial score (nSPS) is 17.8. The molecule has 0 spiro atoms. The van der Waals surface area contributed by atoms with Crippen LogP contribution >= 0.6 is 15.9 Å². The van der Waals surface area contributed by atoms with E-state index < -0.39 is 11.8 Å². The molecule has 2 nitrogen and oxygen atoms in total. The van der Waals surface area contributed by atoms with Crippen molar-refractivity contribution in [3.05, 3.63) is 69.4 Å². The first-order chi connectivity index (χ1) is 9.15. The minimum Gasteiger partial charge on any atom is -0.454 e. The summed E-state index contributed by atoms with van der Waals surface area (Å²) in [4.78, 5) is 12.0. The topological polar surface area (TPSA) is 26.3 Å². The number of esters is 1. The number of hydrogen-bond donors (Lipinski definition) is 0. The van der Waals surface area contributed by atoms with Gasteiger partial charge < -0.3 is 4.74 Å². The van der Waals surface area contributed by atoms with Gasteiger partial charge in [-0.05, 0) is 23.3 Å². The summed E-state index contributed by atoms with van der Waals surface area (Å²) in [5.41, 5.74) is 2.04. The van der Waals surface area contributed by atoms with Crippen LogP contribution in [0.25, 0.3) is 0 Å². The molecule has 0 saturated heterocycles. The number of fused-ring (bicyclic) bond motifs is 1. The average molecular weight is 321 g/mol. The van der Waals surface area contributed by atoms with Crippen molar-refractivity contribution in [2.45, 2.75) is 12.5 Å². The second-order valence-electron chi connectivity index (χ2n) is 4.42. The summed E-state index contributed by atoms with van der Waals surface area (Å²) in [5, 5.41) is 0. The van der Waals surface area contributed by atoms with E-state index in [1.807, 2.05) is 30.3 Å². The first kappa shape index (κ1) is 12.4. The molecule has 0 amide bonds. The number of ether oxygens (including phenoxy) is 1. The smallest absolute Gasteiger partial charge is 0.339 e. The Morgan fingerprint density at radius 2 is 1.95 bits per heavy atom. The van der Waals surface area contributed by atoms with Crippen LogP contribution in [0, 0.1) is 5.82 Å². The Morgan fingerprint density at radius 1 is 1.21 bits per heavy atom. The summed E-state index contributed by atoms with van der Waals surface area (Å²) in [7, 11) is 0. The highest BCUT2D eigenvalue weighted by molar-refractivity contribution is 9.10. The van der Waals surface area contributed by atoms with E-state index in [2.05, 4.69) is 15.9 Å². The molecule has 4 heteroatoms. The lowest BCUT2D eigenvalue weighted by atomic mass is 9.94. The van der Waals surface area contributed by atoms with Crippen LogP contribution < -0.4 is 0 Å². The van der Waals surface area contributed by atoms with Crippen molar-refractivity contribution >= 4 is 21.9 Å². The van der Waals surface area contributed by atoms with Crippen molar-refractivity contribution in [3.8, 4) is 0 Å². The molecule has 0 saturated carbocycles. The molecule has 0 aliphatic carbocycles. The predicted octanol–water partition coefficient (Wildman–Crippen LogP) is 4.04. The maximum absolute atomic E-state index is 13.3. The van der Waals surface area contributed by atoms with Crippen molar-refractivity contribution < 1.29 is 13.9 Å².